The number of para-hydroxylation sites is 1. The van der Waals surface area contributed by atoms with Crippen molar-refractivity contribution in [2.24, 2.45) is 5.73 Å². The van der Waals surface area contributed by atoms with Crippen LogP contribution in [-0.4, -0.2) is 6.61 Å². The molecule has 1 atom stereocenters. The second-order valence-corrected chi connectivity index (χ2v) is 3.92. The zero-order valence-electron chi connectivity index (χ0n) is 8.91. The van der Waals surface area contributed by atoms with Crippen LogP contribution in [-0.2, 0) is 6.42 Å². The molecule has 0 saturated carbocycles. The van der Waals surface area contributed by atoms with Gasteiger partial charge in [0.25, 0.3) is 0 Å². The standard InChI is InChI=1S/C13H17NO/c1-2-5-12(14)11-8-3-6-10-7-4-9-15-13(10)11/h2-3,6,8,12H,1,4-5,7,9,14H2. The molecular weight excluding hydrogens is 186 g/mol. The highest BCUT2D eigenvalue weighted by molar-refractivity contribution is 5.44. The minimum atomic E-state index is 0.00977. The summed E-state index contributed by atoms with van der Waals surface area (Å²) < 4.78 is 5.71. The average Bonchev–Trinajstić information content (AvgIpc) is 2.28. The van der Waals surface area contributed by atoms with Crippen LogP contribution >= 0.6 is 0 Å². The average molecular weight is 203 g/mol. The van der Waals surface area contributed by atoms with E-state index in [1.54, 1.807) is 0 Å². The molecule has 0 saturated heterocycles. The first-order valence-corrected chi connectivity index (χ1v) is 5.44. The van der Waals surface area contributed by atoms with E-state index >= 15 is 0 Å². The van der Waals surface area contributed by atoms with Crippen molar-refractivity contribution in [3.63, 3.8) is 0 Å². The van der Waals surface area contributed by atoms with E-state index in [2.05, 4.69) is 24.8 Å². The molecule has 80 valence electrons. The Morgan fingerprint density at radius 1 is 1.53 bits per heavy atom. The second kappa shape index (κ2) is 4.49. The maximum atomic E-state index is 6.08. The minimum absolute atomic E-state index is 0.00977. The molecule has 1 aliphatic rings. The van der Waals surface area contributed by atoms with Crippen molar-refractivity contribution in [3.05, 3.63) is 42.0 Å². The summed E-state index contributed by atoms with van der Waals surface area (Å²) in [5, 5.41) is 0. The van der Waals surface area contributed by atoms with Gasteiger partial charge in [0.15, 0.2) is 0 Å². The molecule has 0 aromatic heterocycles. The molecule has 1 aromatic carbocycles. The molecule has 2 N–H and O–H groups in total. The zero-order valence-corrected chi connectivity index (χ0v) is 8.91. The predicted molar refractivity (Wildman–Crippen MR) is 62.0 cm³/mol. The molecular formula is C13H17NO. The van der Waals surface area contributed by atoms with Crippen molar-refractivity contribution in [2.75, 3.05) is 6.61 Å². The molecule has 1 heterocycles. The van der Waals surface area contributed by atoms with Crippen molar-refractivity contribution in [1.29, 1.82) is 0 Å². The van der Waals surface area contributed by atoms with Gasteiger partial charge >= 0.3 is 0 Å². The topological polar surface area (TPSA) is 35.2 Å². The van der Waals surface area contributed by atoms with E-state index in [0.717, 1.165) is 37.2 Å². The Hall–Kier alpha value is -1.28. The summed E-state index contributed by atoms with van der Waals surface area (Å²) in [7, 11) is 0. The molecule has 0 spiro atoms. The maximum absolute atomic E-state index is 6.08. The number of hydrogen-bond acceptors (Lipinski definition) is 2. The molecule has 1 aromatic rings. The molecule has 1 unspecified atom stereocenters. The summed E-state index contributed by atoms with van der Waals surface area (Å²) in [5.74, 6) is 1.01. The summed E-state index contributed by atoms with van der Waals surface area (Å²) >= 11 is 0. The van der Waals surface area contributed by atoms with E-state index in [1.165, 1.54) is 5.56 Å². The molecule has 0 amide bonds. The SMILES string of the molecule is C=CCC(N)c1cccc2c1OCCC2. The molecule has 0 aliphatic carbocycles. The molecule has 2 nitrogen and oxygen atoms in total. The largest absolute Gasteiger partial charge is 0.493 e. The van der Waals surface area contributed by atoms with Crippen molar-refractivity contribution >= 4 is 0 Å². The van der Waals surface area contributed by atoms with Crippen LogP contribution in [0.15, 0.2) is 30.9 Å². The van der Waals surface area contributed by atoms with Crippen LogP contribution in [0, 0.1) is 0 Å². The monoisotopic (exact) mass is 203 g/mol. The molecule has 0 fully saturated rings. The third-order valence-corrected chi connectivity index (χ3v) is 2.78. The molecule has 2 rings (SSSR count). The summed E-state index contributed by atoms with van der Waals surface area (Å²) in [6, 6.07) is 6.25. The number of nitrogens with two attached hydrogens (primary N) is 1. The Labute approximate surface area is 90.7 Å². The maximum Gasteiger partial charge on any atom is 0.127 e. The van der Waals surface area contributed by atoms with E-state index in [-0.39, 0.29) is 6.04 Å². The van der Waals surface area contributed by atoms with E-state index < -0.39 is 0 Å². The van der Waals surface area contributed by atoms with Gasteiger partial charge in [0.05, 0.1) is 6.61 Å². The fraction of sp³-hybridized carbons (Fsp3) is 0.385. The summed E-state index contributed by atoms with van der Waals surface area (Å²) in [4.78, 5) is 0. The number of benzene rings is 1. The van der Waals surface area contributed by atoms with Gasteiger partial charge < -0.3 is 10.5 Å². The fourth-order valence-corrected chi connectivity index (χ4v) is 2.01. The Bertz CT molecular complexity index is 360. The van der Waals surface area contributed by atoms with Gasteiger partial charge in [-0.2, -0.15) is 0 Å². The number of rotatable bonds is 3. The first-order chi connectivity index (χ1) is 7.33. The lowest BCUT2D eigenvalue weighted by Gasteiger charge is -2.22. The van der Waals surface area contributed by atoms with Gasteiger partial charge in [0, 0.05) is 11.6 Å². The summed E-state index contributed by atoms with van der Waals surface area (Å²) in [6.07, 6.45) is 4.85. The van der Waals surface area contributed by atoms with Gasteiger partial charge in [-0.3, -0.25) is 0 Å². The van der Waals surface area contributed by atoms with Crippen LogP contribution in [0.3, 0.4) is 0 Å². The lowest BCUT2D eigenvalue weighted by molar-refractivity contribution is 0.283. The van der Waals surface area contributed by atoms with Gasteiger partial charge in [0.2, 0.25) is 0 Å². The van der Waals surface area contributed by atoms with Crippen LogP contribution in [0.5, 0.6) is 5.75 Å². The highest BCUT2D eigenvalue weighted by Gasteiger charge is 2.17. The number of fused-ring (bicyclic) bond motifs is 1. The van der Waals surface area contributed by atoms with Gasteiger partial charge in [-0.05, 0) is 24.8 Å². The highest BCUT2D eigenvalue weighted by Crippen LogP contribution is 2.33. The minimum Gasteiger partial charge on any atom is -0.493 e. The smallest absolute Gasteiger partial charge is 0.127 e. The van der Waals surface area contributed by atoms with E-state index in [4.69, 9.17) is 10.5 Å². The Morgan fingerprint density at radius 2 is 2.40 bits per heavy atom. The molecule has 1 aliphatic heterocycles. The van der Waals surface area contributed by atoms with E-state index in [1.807, 2.05) is 6.08 Å². The van der Waals surface area contributed by atoms with Crippen molar-refractivity contribution in [2.45, 2.75) is 25.3 Å². The molecule has 0 radical (unpaired) electrons. The normalized spacial score (nSPS) is 16.3. The van der Waals surface area contributed by atoms with Gasteiger partial charge in [-0.25, -0.2) is 0 Å². The van der Waals surface area contributed by atoms with Gasteiger partial charge in [-0.15, -0.1) is 6.58 Å². The third-order valence-electron chi connectivity index (χ3n) is 2.78. The molecule has 0 bridgehead atoms. The predicted octanol–water partition coefficient (Wildman–Crippen LogP) is 2.59. The van der Waals surface area contributed by atoms with Crippen LogP contribution < -0.4 is 10.5 Å². The molecule has 15 heavy (non-hydrogen) atoms. The Morgan fingerprint density at radius 3 is 3.20 bits per heavy atom. The first kappa shape index (κ1) is 10.2. The van der Waals surface area contributed by atoms with Crippen LogP contribution in [0.4, 0.5) is 0 Å². The van der Waals surface area contributed by atoms with Crippen LogP contribution in [0.25, 0.3) is 0 Å². The lowest BCUT2D eigenvalue weighted by Crippen LogP contribution is -2.15. The quantitative estimate of drug-likeness (QED) is 0.766. The number of aryl methyl sites for hydroxylation is 1. The van der Waals surface area contributed by atoms with Gasteiger partial charge in [-0.1, -0.05) is 24.3 Å². The summed E-state index contributed by atoms with van der Waals surface area (Å²) in [6.45, 7) is 4.53. The Balaban J connectivity index is 2.34. The summed E-state index contributed by atoms with van der Waals surface area (Å²) in [5.41, 5.74) is 8.49. The van der Waals surface area contributed by atoms with Crippen LogP contribution in [0.2, 0.25) is 0 Å². The van der Waals surface area contributed by atoms with E-state index in [0.29, 0.717) is 0 Å². The van der Waals surface area contributed by atoms with Crippen molar-refractivity contribution < 1.29 is 4.74 Å². The van der Waals surface area contributed by atoms with Crippen molar-refractivity contribution in [3.8, 4) is 5.75 Å². The third kappa shape index (κ3) is 2.05. The van der Waals surface area contributed by atoms with E-state index in [9.17, 15) is 0 Å². The Kier molecular flexibility index (Phi) is 3.07. The van der Waals surface area contributed by atoms with Crippen LogP contribution in [0.1, 0.15) is 30.0 Å². The number of hydrogen-bond donors (Lipinski definition) is 1. The van der Waals surface area contributed by atoms with Crippen molar-refractivity contribution in [1.82, 2.24) is 0 Å². The lowest BCUT2D eigenvalue weighted by atomic mass is 9.97. The zero-order chi connectivity index (χ0) is 10.7. The molecule has 2 heteroatoms. The first-order valence-electron chi connectivity index (χ1n) is 5.44. The number of ether oxygens (including phenoxy) is 1. The van der Waals surface area contributed by atoms with Gasteiger partial charge in [0.1, 0.15) is 5.75 Å². The second-order valence-electron chi connectivity index (χ2n) is 3.92. The fourth-order valence-electron chi connectivity index (χ4n) is 2.01. The highest BCUT2D eigenvalue weighted by atomic mass is 16.5.